The van der Waals surface area contributed by atoms with Crippen LogP contribution in [-0.2, 0) is 13.2 Å². The van der Waals surface area contributed by atoms with Gasteiger partial charge in [0.2, 0.25) is 0 Å². The fourth-order valence-electron chi connectivity index (χ4n) is 3.93. The standard InChI is InChI=1S/C28H23ClF3N3O5.C4H10.C2H6.CH4S/c1-16(2)26-22(25(35-40-26)21-8-3-4-9-24(21)39-28(30,31)32)15-38-20-11-10-18(23(29)13-20)14-33-19-7-5-6-17(12-19)27(36)34-37;1-3-4-2;2*1-2/h3-13,16,33H,14-15H2,1-2H3;3-4H2,1-2H3;1-2H3;2H,1H3. The van der Waals surface area contributed by atoms with E-state index < -0.39 is 18.0 Å². The van der Waals surface area contributed by atoms with Crippen LogP contribution in [0.25, 0.3) is 11.3 Å². The molecule has 0 aliphatic carbocycles. The average molecular weight is 710 g/mol. The number of thiol groups is 1. The van der Waals surface area contributed by atoms with Crippen molar-refractivity contribution in [3.63, 3.8) is 0 Å². The Kier molecular flexibility index (Phi) is 19.0. The summed E-state index contributed by atoms with van der Waals surface area (Å²) in [6.45, 7) is 12.4. The number of hydrogen-bond donors (Lipinski definition) is 2. The van der Waals surface area contributed by atoms with Gasteiger partial charge in [0, 0.05) is 39.5 Å². The van der Waals surface area contributed by atoms with Gasteiger partial charge in [-0.15, -0.1) is 18.1 Å². The number of alkyl halides is 3. The molecule has 3 aromatic carbocycles. The molecule has 8 nitrogen and oxygen atoms in total. The van der Waals surface area contributed by atoms with Crippen LogP contribution in [0.15, 0.2) is 76.4 Å². The molecule has 0 aliphatic rings. The highest BCUT2D eigenvalue weighted by atomic mass is 35.5. The number of halogens is 4. The summed E-state index contributed by atoms with van der Waals surface area (Å²) in [6.07, 6.45) is -0.544. The Morgan fingerprint density at radius 1 is 1.02 bits per heavy atom. The van der Waals surface area contributed by atoms with Crippen LogP contribution in [0.3, 0.4) is 0 Å². The summed E-state index contributed by atoms with van der Waals surface area (Å²) < 4.78 is 54.6. The van der Waals surface area contributed by atoms with E-state index in [2.05, 4.69) is 46.9 Å². The lowest BCUT2D eigenvalue weighted by atomic mass is 10.0. The molecular formula is C35H43ClF3N3O5S. The number of anilines is 1. The molecule has 0 radical (unpaired) electrons. The van der Waals surface area contributed by atoms with Crippen LogP contribution < -0.4 is 14.8 Å². The number of nitrogens with one attached hydrogen (secondary N) is 1. The molecule has 1 heterocycles. The molecule has 0 aliphatic heterocycles. The summed E-state index contributed by atoms with van der Waals surface area (Å²) in [5, 5.41) is 9.98. The van der Waals surface area contributed by atoms with Crippen LogP contribution in [0.4, 0.5) is 18.9 Å². The normalized spacial score (nSPS) is 10.4. The number of aromatic nitrogens is 1. The first kappa shape index (κ1) is 42.0. The van der Waals surface area contributed by atoms with Crippen LogP contribution in [-0.4, -0.2) is 23.7 Å². The van der Waals surface area contributed by atoms with Crippen molar-refractivity contribution in [1.82, 2.24) is 5.16 Å². The number of nitrogens with zero attached hydrogens (tertiary/aromatic N) is 2. The molecule has 1 N–H and O–H groups in total. The number of rotatable bonds is 11. The molecule has 1 amide bonds. The minimum Gasteiger partial charge on any atom is -0.489 e. The van der Waals surface area contributed by atoms with E-state index in [9.17, 15) is 22.9 Å². The largest absolute Gasteiger partial charge is 0.573 e. The van der Waals surface area contributed by atoms with E-state index in [-0.39, 0.29) is 29.3 Å². The SMILES string of the molecule is CC.CC(C)c1onc(-c2ccccc2OC(F)(F)F)c1COc1ccc(CNc2cccc(C(=O)N=O)c2)c(Cl)c1.CCCC.CS. The number of carbonyl (C=O) groups is 1. The van der Waals surface area contributed by atoms with Crippen molar-refractivity contribution in [3.05, 3.63) is 99.1 Å². The number of carbonyl (C=O) groups excluding carboxylic acids is 1. The summed E-state index contributed by atoms with van der Waals surface area (Å²) >= 11 is 10.00. The van der Waals surface area contributed by atoms with Crippen molar-refractivity contribution in [1.29, 1.82) is 0 Å². The summed E-state index contributed by atoms with van der Waals surface area (Å²) in [4.78, 5) is 22.0. The highest BCUT2D eigenvalue weighted by Crippen LogP contribution is 2.38. The molecule has 0 fully saturated rings. The third-order valence-electron chi connectivity index (χ3n) is 6.29. The molecule has 0 unspecified atom stereocenters. The number of unbranched alkanes of at least 4 members (excludes halogenated alkanes) is 1. The van der Waals surface area contributed by atoms with Gasteiger partial charge < -0.3 is 19.3 Å². The van der Waals surface area contributed by atoms with Crippen LogP contribution in [0, 0.1) is 4.91 Å². The second-order valence-corrected chi connectivity index (χ2v) is 10.4. The van der Waals surface area contributed by atoms with Gasteiger partial charge >= 0.3 is 12.3 Å². The first-order chi connectivity index (χ1) is 23.0. The van der Waals surface area contributed by atoms with Gasteiger partial charge in [-0.25, -0.2) is 0 Å². The van der Waals surface area contributed by atoms with Crippen molar-refractivity contribution >= 4 is 35.8 Å². The molecule has 0 saturated carbocycles. The second kappa shape index (κ2) is 21.8. The van der Waals surface area contributed by atoms with E-state index in [0.29, 0.717) is 34.3 Å². The Hall–Kier alpha value is -4.03. The van der Waals surface area contributed by atoms with Gasteiger partial charge in [0.1, 0.15) is 29.6 Å². The number of para-hydroxylation sites is 1. The molecule has 13 heteroatoms. The average Bonchev–Trinajstić information content (AvgIpc) is 3.52. The van der Waals surface area contributed by atoms with Gasteiger partial charge in [0.25, 0.3) is 0 Å². The minimum atomic E-state index is -4.88. The first-order valence-corrected chi connectivity index (χ1v) is 16.7. The predicted octanol–water partition coefficient (Wildman–Crippen LogP) is 11.5. The Labute approximate surface area is 290 Å². The van der Waals surface area contributed by atoms with E-state index in [4.69, 9.17) is 20.9 Å². The molecule has 4 rings (SSSR count). The van der Waals surface area contributed by atoms with Crippen molar-refractivity contribution in [2.24, 2.45) is 5.18 Å². The molecular weight excluding hydrogens is 667 g/mol. The third-order valence-corrected chi connectivity index (χ3v) is 6.65. The topological polar surface area (TPSA) is 103 Å². The van der Waals surface area contributed by atoms with Crippen molar-refractivity contribution in [2.45, 2.75) is 79.8 Å². The Bertz CT molecular complexity index is 1560. The number of hydrogen-bond acceptors (Lipinski definition) is 8. The lowest BCUT2D eigenvalue weighted by molar-refractivity contribution is -0.274. The zero-order valence-corrected chi connectivity index (χ0v) is 29.8. The van der Waals surface area contributed by atoms with Crippen LogP contribution in [0.2, 0.25) is 5.02 Å². The van der Waals surface area contributed by atoms with Gasteiger partial charge in [-0.3, -0.25) is 4.79 Å². The van der Waals surface area contributed by atoms with Gasteiger partial charge in [-0.05, 0) is 54.3 Å². The second-order valence-electron chi connectivity index (χ2n) is 9.95. The number of amides is 1. The van der Waals surface area contributed by atoms with Crippen molar-refractivity contribution in [3.8, 4) is 22.8 Å². The highest BCUT2D eigenvalue weighted by molar-refractivity contribution is 7.79. The van der Waals surface area contributed by atoms with Crippen LogP contribution >= 0.6 is 24.2 Å². The number of benzene rings is 3. The Morgan fingerprint density at radius 2 is 1.69 bits per heavy atom. The van der Waals surface area contributed by atoms with Gasteiger partial charge in [0.15, 0.2) is 0 Å². The molecule has 0 saturated heterocycles. The predicted molar refractivity (Wildman–Crippen MR) is 189 cm³/mol. The molecule has 48 heavy (non-hydrogen) atoms. The van der Waals surface area contributed by atoms with Gasteiger partial charge in [-0.2, -0.15) is 12.6 Å². The third kappa shape index (κ3) is 13.2. The van der Waals surface area contributed by atoms with Gasteiger partial charge in [-0.1, -0.05) is 95.4 Å². The smallest absolute Gasteiger partial charge is 0.489 e. The molecule has 0 spiro atoms. The lowest BCUT2D eigenvalue weighted by Gasteiger charge is -2.14. The van der Waals surface area contributed by atoms with Crippen molar-refractivity contribution < 1.29 is 32.0 Å². The van der Waals surface area contributed by atoms with E-state index in [1.54, 1.807) is 42.7 Å². The first-order valence-electron chi connectivity index (χ1n) is 15.4. The molecule has 262 valence electrons. The molecule has 1 aromatic heterocycles. The maximum absolute atomic E-state index is 13.0. The van der Waals surface area contributed by atoms with Crippen LogP contribution in [0.5, 0.6) is 11.5 Å². The minimum absolute atomic E-state index is 0.0494. The number of nitroso groups, excluding NO2 is 1. The van der Waals surface area contributed by atoms with Gasteiger partial charge in [0.05, 0.1) is 5.56 Å². The molecule has 4 aromatic rings. The van der Waals surface area contributed by atoms with Crippen LogP contribution in [0.1, 0.15) is 87.5 Å². The highest BCUT2D eigenvalue weighted by Gasteiger charge is 2.33. The Morgan fingerprint density at radius 3 is 2.27 bits per heavy atom. The van der Waals surface area contributed by atoms with E-state index >= 15 is 0 Å². The fourth-order valence-corrected chi connectivity index (χ4v) is 4.17. The summed E-state index contributed by atoms with van der Waals surface area (Å²) in [6, 6.07) is 17.1. The van der Waals surface area contributed by atoms with Crippen molar-refractivity contribution in [2.75, 3.05) is 11.6 Å². The maximum atomic E-state index is 13.0. The summed E-state index contributed by atoms with van der Waals surface area (Å²) in [7, 11) is 0. The van der Waals surface area contributed by atoms with E-state index in [0.717, 1.165) is 5.56 Å². The fraction of sp³-hybridized carbons (Fsp3) is 0.371. The molecule has 0 bridgehead atoms. The Balaban J connectivity index is 0.00000132. The summed E-state index contributed by atoms with van der Waals surface area (Å²) in [5.74, 6) is -0.508. The number of ether oxygens (including phenoxy) is 2. The van der Waals surface area contributed by atoms with E-state index in [1.807, 2.05) is 27.7 Å². The zero-order valence-electron chi connectivity index (χ0n) is 28.2. The summed E-state index contributed by atoms with van der Waals surface area (Å²) in [5.41, 5.74) is 2.27. The maximum Gasteiger partial charge on any atom is 0.573 e. The molecule has 0 atom stereocenters. The monoisotopic (exact) mass is 709 g/mol. The lowest BCUT2D eigenvalue weighted by Crippen LogP contribution is -2.17. The van der Waals surface area contributed by atoms with E-state index in [1.165, 1.54) is 43.2 Å². The zero-order chi connectivity index (χ0) is 36.3. The quantitative estimate of drug-likeness (QED) is 0.118.